The summed E-state index contributed by atoms with van der Waals surface area (Å²) in [6.07, 6.45) is 0.277. The van der Waals surface area contributed by atoms with E-state index < -0.39 is 16.1 Å². The van der Waals surface area contributed by atoms with Crippen molar-refractivity contribution < 1.29 is 13.5 Å². The molecule has 0 saturated heterocycles. The van der Waals surface area contributed by atoms with Crippen LogP contribution in [0, 0.1) is 6.92 Å². The number of anilines is 1. The Bertz CT molecular complexity index is 1020. The Hall–Kier alpha value is -1.93. The van der Waals surface area contributed by atoms with E-state index in [1.54, 1.807) is 24.4 Å². The first kappa shape index (κ1) is 19.8. The van der Waals surface area contributed by atoms with Gasteiger partial charge in [-0.2, -0.15) is 0 Å². The van der Waals surface area contributed by atoms with E-state index in [1.807, 2.05) is 30.3 Å². The maximum Gasteiger partial charge on any atom is 0.263 e. The standard InChI is InChI=1S/C19H19ClN2O3S2/c1-13-17(20)8-5-9-18(13)27(24,25)22-19-21-15(12-26-19)11-16(23)10-14-6-3-2-4-7-14/h2-9,12,16,23H,10-11H2,1H3,(H,21,22)/t16-/m1/s1. The Morgan fingerprint density at radius 2 is 1.89 bits per heavy atom. The van der Waals surface area contributed by atoms with Gasteiger partial charge in [-0.05, 0) is 36.6 Å². The molecule has 5 nitrogen and oxygen atoms in total. The number of aromatic nitrogens is 1. The minimum Gasteiger partial charge on any atom is -0.392 e. The molecule has 1 aromatic heterocycles. The molecule has 8 heteroatoms. The summed E-state index contributed by atoms with van der Waals surface area (Å²) >= 11 is 7.20. The first-order valence-corrected chi connectivity index (χ1v) is 11.0. The van der Waals surface area contributed by atoms with Crippen LogP contribution < -0.4 is 4.72 Å². The van der Waals surface area contributed by atoms with Crippen LogP contribution in [0.4, 0.5) is 5.13 Å². The van der Waals surface area contributed by atoms with Crippen LogP contribution in [0.3, 0.4) is 0 Å². The third-order valence-corrected chi connectivity index (χ3v) is 6.87. The van der Waals surface area contributed by atoms with Crippen molar-refractivity contribution in [1.82, 2.24) is 4.98 Å². The predicted molar refractivity (Wildman–Crippen MR) is 109 cm³/mol. The smallest absolute Gasteiger partial charge is 0.263 e. The summed E-state index contributed by atoms with van der Waals surface area (Å²) < 4.78 is 27.7. The molecule has 1 atom stereocenters. The van der Waals surface area contributed by atoms with Crippen molar-refractivity contribution in [2.24, 2.45) is 0 Å². The molecule has 2 N–H and O–H groups in total. The van der Waals surface area contributed by atoms with Gasteiger partial charge in [0.2, 0.25) is 0 Å². The van der Waals surface area contributed by atoms with Crippen molar-refractivity contribution in [2.75, 3.05) is 4.72 Å². The molecule has 3 rings (SSSR count). The molecule has 142 valence electrons. The summed E-state index contributed by atoms with van der Waals surface area (Å²) in [5.41, 5.74) is 2.17. The van der Waals surface area contributed by atoms with Gasteiger partial charge in [0.1, 0.15) is 0 Å². The molecular weight excluding hydrogens is 404 g/mol. The molecule has 0 aliphatic heterocycles. The van der Waals surface area contributed by atoms with E-state index in [0.717, 1.165) is 5.56 Å². The highest BCUT2D eigenvalue weighted by Gasteiger charge is 2.20. The molecule has 1 heterocycles. The van der Waals surface area contributed by atoms with Crippen molar-refractivity contribution >= 4 is 38.1 Å². The van der Waals surface area contributed by atoms with Crippen LogP contribution in [-0.2, 0) is 22.9 Å². The molecule has 0 saturated carbocycles. The second kappa shape index (κ2) is 8.39. The highest BCUT2D eigenvalue weighted by Crippen LogP contribution is 2.26. The molecular formula is C19H19ClN2O3S2. The van der Waals surface area contributed by atoms with Crippen molar-refractivity contribution in [2.45, 2.75) is 30.8 Å². The zero-order valence-electron chi connectivity index (χ0n) is 14.6. The SMILES string of the molecule is Cc1c(Cl)cccc1S(=O)(=O)Nc1nc(C[C@H](O)Cc2ccccc2)cs1. The molecule has 0 fully saturated rings. The van der Waals surface area contributed by atoms with Crippen LogP contribution in [-0.4, -0.2) is 24.6 Å². The maximum atomic E-state index is 12.6. The van der Waals surface area contributed by atoms with Gasteiger partial charge in [-0.15, -0.1) is 11.3 Å². The van der Waals surface area contributed by atoms with Crippen molar-refractivity contribution in [1.29, 1.82) is 0 Å². The number of benzene rings is 2. The van der Waals surface area contributed by atoms with Crippen LogP contribution in [0.15, 0.2) is 58.8 Å². The van der Waals surface area contributed by atoms with Crippen LogP contribution in [0.25, 0.3) is 0 Å². The van der Waals surface area contributed by atoms with E-state index >= 15 is 0 Å². The minimum absolute atomic E-state index is 0.121. The van der Waals surface area contributed by atoms with Gasteiger partial charge in [0.25, 0.3) is 10.0 Å². The number of aliphatic hydroxyl groups excluding tert-OH is 1. The zero-order chi connectivity index (χ0) is 19.4. The average molecular weight is 423 g/mol. The lowest BCUT2D eigenvalue weighted by atomic mass is 10.1. The lowest BCUT2D eigenvalue weighted by Crippen LogP contribution is -2.15. The molecule has 2 aromatic carbocycles. The average Bonchev–Trinajstić information content (AvgIpc) is 3.04. The third kappa shape index (κ3) is 5.07. The predicted octanol–water partition coefficient (Wildman–Crippen LogP) is 4.05. The highest BCUT2D eigenvalue weighted by molar-refractivity contribution is 7.93. The van der Waals surface area contributed by atoms with Crippen molar-refractivity contribution in [3.63, 3.8) is 0 Å². The molecule has 0 unspecified atom stereocenters. The second-order valence-corrected chi connectivity index (χ2v) is 9.08. The number of hydrogen-bond donors (Lipinski definition) is 2. The van der Waals surface area contributed by atoms with Gasteiger partial charge < -0.3 is 5.11 Å². The van der Waals surface area contributed by atoms with E-state index in [4.69, 9.17) is 11.6 Å². The monoisotopic (exact) mass is 422 g/mol. The fourth-order valence-electron chi connectivity index (χ4n) is 2.70. The molecule has 0 amide bonds. The van der Waals surface area contributed by atoms with Crippen molar-refractivity contribution in [3.8, 4) is 0 Å². The maximum absolute atomic E-state index is 12.6. The van der Waals surface area contributed by atoms with Gasteiger partial charge in [0.05, 0.1) is 16.7 Å². The van der Waals surface area contributed by atoms with Gasteiger partial charge >= 0.3 is 0 Å². The number of hydrogen-bond acceptors (Lipinski definition) is 5. The molecule has 0 radical (unpaired) electrons. The lowest BCUT2D eigenvalue weighted by Gasteiger charge is -2.10. The summed E-state index contributed by atoms with van der Waals surface area (Å²) in [6, 6.07) is 14.4. The first-order valence-electron chi connectivity index (χ1n) is 8.29. The summed E-state index contributed by atoms with van der Waals surface area (Å²) in [5, 5.41) is 12.7. The van der Waals surface area contributed by atoms with Gasteiger partial charge in [-0.25, -0.2) is 13.4 Å². The third-order valence-electron chi connectivity index (χ3n) is 4.04. The molecule has 0 aliphatic carbocycles. The number of nitrogens with one attached hydrogen (secondary N) is 1. The number of rotatable bonds is 7. The van der Waals surface area contributed by atoms with E-state index in [1.165, 1.54) is 17.4 Å². The Labute approximate surface area is 167 Å². The molecule has 3 aromatic rings. The molecule has 27 heavy (non-hydrogen) atoms. The lowest BCUT2D eigenvalue weighted by molar-refractivity contribution is 0.174. The van der Waals surface area contributed by atoms with Crippen LogP contribution in [0.2, 0.25) is 5.02 Å². The summed E-state index contributed by atoms with van der Waals surface area (Å²) in [5.74, 6) is 0. The summed E-state index contributed by atoms with van der Waals surface area (Å²) in [4.78, 5) is 4.41. The topological polar surface area (TPSA) is 79.3 Å². The Kier molecular flexibility index (Phi) is 6.16. The van der Waals surface area contributed by atoms with E-state index in [-0.39, 0.29) is 10.0 Å². The largest absolute Gasteiger partial charge is 0.392 e. The van der Waals surface area contributed by atoms with Crippen LogP contribution >= 0.6 is 22.9 Å². The summed E-state index contributed by atoms with van der Waals surface area (Å²) in [6.45, 7) is 1.66. The van der Waals surface area contributed by atoms with Gasteiger partial charge in [-0.1, -0.05) is 48.0 Å². The molecule has 0 spiro atoms. The van der Waals surface area contributed by atoms with E-state index in [9.17, 15) is 13.5 Å². The number of halogens is 1. The fourth-order valence-corrected chi connectivity index (χ4v) is 5.17. The molecule has 0 aliphatic rings. The molecule has 0 bridgehead atoms. The highest BCUT2D eigenvalue weighted by atomic mass is 35.5. The van der Waals surface area contributed by atoms with Crippen LogP contribution in [0.1, 0.15) is 16.8 Å². The van der Waals surface area contributed by atoms with Gasteiger partial charge in [-0.3, -0.25) is 4.72 Å². The fraction of sp³-hybridized carbons (Fsp3) is 0.211. The van der Waals surface area contributed by atoms with Gasteiger partial charge in [0.15, 0.2) is 5.13 Å². The second-order valence-electron chi connectivity index (χ2n) is 6.16. The minimum atomic E-state index is -3.78. The first-order chi connectivity index (χ1) is 12.8. The quantitative estimate of drug-likeness (QED) is 0.602. The van der Waals surface area contributed by atoms with Gasteiger partial charge in [0, 0.05) is 16.8 Å². The zero-order valence-corrected chi connectivity index (χ0v) is 17.0. The Morgan fingerprint density at radius 3 is 2.63 bits per heavy atom. The number of aliphatic hydroxyl groups is 1. The van der Waals surface area contributed by atoms with E-state index in [2.05, 4.69) is 9.71 Å². The van der Waals surface area contributed by atoms with Crippen molar-refractivity contribution in [3.05, 3.63) is 75.8 Å². The number of sulfonamides is 1. The normalized spacial score (nSPS) is 12.7. The van der Waals surface area contributed by atoms with E-state index in [0.29, 0.717) is 29.1 Å². The number of thiazole rings is 1. The Morgan fingerprint density at radius 1 is 1.15 bits per heavy atom. The van der Waals surface area contributed by atoms with Crippen LogP contribution in [0.5, 0.6) is 0 Å². The number of nitrogens with zero attached hydrogens (tertiary/aromatic N) is 1. The Balaban J connectivity index is 1.68. The summed E-state index contributed by atoms with van der Waals surface area (Å²) in [7, 11) is -3.78.